The Morgan fingerprint density at radius 3 is 2.84 bits per heavy atom. The van der Waals surface area contributed by atoms with Crippen LogP contribution in [-0.2, 0) is 6.54 Å². The molecule has 3 heterocycles. The third-order valence-corrected chi connectivity index (χ3v) is 4.94. The van der Waals surface area contributed by atoms with Crippen LogP contribution in [0.15, 0.2) is 59.3 Å². The van der Waals surface area contributed by atoms with Gasteiger partial charge in [-0.1, -0.05) is 25.1 Å². The second-order valence-corrected chi connectivity index (χ2v) is 6.63. The third-order valence-electron chi connectivity index (χ3n) is 4.94. The van der Waals surface area contributed by atoms with Crippen molar-refractivity contribution in [1.29, 1.82) is 0 Å². The molecule has 0 saturated carbocycles. The molecular weight excluding hydrogens is 312 g/mol. The van der Waals surface area contributed by atoms with Gasteiger partial charge in [0.25, 0.3) is 0 Å². The van der Waals surface area contributed by atoms with Crippen LogP contribution >= 0.6 is 0 Å². The summed E-state index contributed by atoms with van der Waals surface area (Å²) in [5, 5.41) is 1.16. The van der Waals surface area contributed by atoms with Crippen molar-refractivity contribution >= 4 is 11.0 Å². The molecule has 2 aromatic heterocycles. The van der Waals surface area contributed by atoms with Crippen molar-refractivity contribution in [3.63, 3.8) is 0 Å². The standard InChI is InChI=1S/C20H24N4O/c1-2-24(13-15-7-9-21-10-8-15)14-17-12-22-23-20(17)19-11-16-5-3-4-6-18(16)25-19/h3-11,17,20,22-23H,2,12-14H2,1H3. The Labute approximate surface area is 148 Å². The number of hydrogen-bond donors (Lipinski definition) is 2. The number of aromatic nitrogens is 1. The summed E-state index contributed by atoms with van der Waals surface area (Å²) in [4.78, 5) is 6.58. The predicted octanol–water partition coefficient (Wildman–Crippen LogP) is 3.12. The zero-order valence-corrected chi connectivity index (χ0v) is 14.5. The molecule has 2 unspecified atom stereocenters. The van der Waals surface area contributed by atoms with Crippen molar-refractivity contribution in [2.75, 3.05) is 19.6 Å². The van der Waals surface area contributed by atoms with Gasteiger partial charge in [0.15, 0.2) is 0 Å². The van der Waals surface area contributed by atoms with E-state index in [0.29, 0.717) is 5.92 Å². The van der Waals surface area contributed by atoms with Crippen LogP contribution in [0, 0.1) is 5.92 Å². The summed E-state index contributed by atoms with van der Waals surface area (Å²) in [5.41, 5.74) is 8.96. The Balaban J connectivity index is 1.48. The van der Waals surface area contributed by atoms with Crippen LogP contribution in [0.1, 0.15) is 24.3 Å². The first-order valence-corrected chi connectivity index (χ1v) is 8.91. The number of benzene rings is 1. The zero-order chi connectivity index (χ0) is 17.1. The minimum Gasteiger partial charge on any atom is -0.459 e. The molecule has 1 aliphatic heterocycles. The predicted molar refractivity (Wildman–Crippen MR) is 98.8 cm³/mol. The van der Waals surface area contributed by atoms with Gasteiger partial charge >= 0.3 is 0 Å². The van der Waals surface area contributed by atoms with Gasteiger partial charge in [-0.05, 0) is 36.4 Å². The molecule has 4 rings (SSSR count). The molecule has 2 atom stereocenters. The summed E-state index contributed by atoms with van der Waals surface area (Å²) in [5.74, 6) is 1.47. The zero-order valence-electron chi connectivity index (χ0n) is 14.5. The Hall–Kier alpha value is -2.21. The number of hydrazine groups is 1. The fourth-order valence-corrected chi connectivity index (χ4v) is 3.55. The van der Waals surface area contributed by atoms with E-state index in [4.69, 9.17) is 4.42 Å². The first-order valence-electron chi connectivity index (χ1n) is 8.91. The number of para-hydroxylation sites is 1. The van der Waals surface area contributed by atoms with Crippen LogP contribution in [0.3, 0.4) is 0 Å². The van der Waals surface area contributed by atoms with E-state index in [2.05, 4.69) is 51.9 Å². The number of rotatable bonds is 6. The molecule has 3 aromatic rings. The smallest absolute Gasteiger partial charge is 0.134 e. The summed E-state index contributed by atoms with van der Waals surface area (Å²) in [6.07, 6.45) is 3.72. The van der Waals surface area contributed by atoms with Gasteiger partial charge < -0.3 is 4.42 Å². The number of hydrogen-bond acceptors (Lipinski definition) is 5. The lowest BCUT2D eigenvalue weighted by molar-refractivity contribution is 0.221. The molecule has 0 spiro atoms. The first-order chi connectivity index (χ1) is 12.3. The van der Waals surface area contributed by atoms with Crippen molar-refractivity contribution in [1.82, 2.24) is 20.7 Å². The lowest BCUT2D eigenvalue weighted by Crippen LogP contribution is -2.32. The summed E-state index contributed by atoms with van der Waals surface area (Å²) in [6.45, 7) is 6.14. The minimum absolute atomic E-state index is 0.193. The van der Waals surface area contributed by atoms with Crippen molar-refractivity contribution < 1.29 is 4.42 Å². The van der Waals surface area contributed by atoms with Gasteiger partial charge in [-0.25, -0.2) is 5.43 Å². The Kier molecular flexibility index (Phi) is 4.78. The monoisotopic (exact) mass is 336 g/mol. The SMILES string of the molecule is CCN(Cc1ccncc1)CC1CNNC1c1cc2ccccc2o1. The minimum atomic E-state index is 0.193. The van der Waals surface area contributed by atoms with Gasteiger partial charge in [0, 0.05) is 43.3 Å². The summed E-state index contributed by atoms with van der Waals surface area (Å²) < 4.78 is 6.09. The molecular formula is C20H24N4O. The third kappa shape index (κ3) is 3.58. The second-order valence-electron chi connectivity index (χ2n) is 6.63. The highest BCUT2D eigenvalue weighted by molar-refractivity contribution is 5.77. The molecule has 25 heavy (non-hydrogen) atoms. The Morgan fingerprint density at radius 2 is 2.04 bits per heavy atom. The van der Waals surface area contributed by atoms with E-state index >= 15 is 0 Å². The number of nitrogens with zero attached hydrogens (tertiary/aromatic N) is 2. The molecule has 0 amide bonds. The molecule has 130 valence electrons. The maximum absolute atomic E-state index is 6.09. The van der Waals surface area contributed by atoms with E-state index in [9.17, 15) is 0 Å². The molecule has 0 radical (unpaired) electrons. The van der Waals surface area contributed by atoms with Crippen molar-refractivity contribution in [2.45, 2.75) is 19.5 Å². The van der Waals surface area contributed by atoms with Crippen LogP contribution < -0.4 is 10.9 Å². The largest absolute Gasteiger partial charge is 0.459 e. The summed E-state index contributed by atoms with van der Waals surface area (Å²) in [6, 6.07) is 14.7. The number of nitrogens with one attached hydrogen (secondary N) is 2. The van der Waals surface area contributed by atoms with Crippen molar-refractivity contribution in [2.24, 2.45) is 5.92 Å². The lowest BCUT2D eigenvalue weighted by Gasteiger charge is -2.26. The molecule has 5 heteroatoms. The first kappa shape index (κ1) is 16.3. The maximum Gasteiger partial charge on any atom is 0.134 e. The molecule has 1 aromatic carbocycles. The fourth-order valence-electron chi connectivity index (χ4n) is 3.55. The van der Waals surface area contributed by atoms with Gasteiger partial charge in [0.1, 0.15) is 11.3 Å². The quantitative estimate of drug-likeness (QED) is 0.724. The van der Waals surface area contributed by atoms with Gasteiger partial charge in [0.05, 0.1) is 6.04 Å². The summed E-state index contributed by atoms with van der Waals surface area (Å²) >= 11 is 0. The average molecular weight is 336 g/mol. The Bertz CT molecular complexity index is 784. The van der Waals surface area contributed by atoms with Crippen LogP contribution in [0.5, 0.6) is 0 Å². The van der Waals surface area contributed by atoms with E-state index in [1.807, 2.05) is 30.6 Å². The van der Waals surface area contributed by atoms with Crippen molar-refractivity contribution in [3.8, 4) is 0 Å². The van der Waals surface area contributed by atoms with Crippen molar-refractivity contribution in [3.05, 3.63) is 66.2 Å². The molecule has 0 aliphatic carbocycles. The molecule has 1 aliphatic rings. The van der Waals surface area contributed by atoms with Crippen LogP contribution in [0.2, 0.25) is 0 Å². The highest BCUT2D eigenvalue weighted by Gasteiger charge is 2.32. The second kappa shape index (κ2) is 7.35. The molecule has 2 N–H and O–H groups in total. The maximum atomic E-state index is 6.09. The normalized spacial score (nSPS) is 20.6. The van der Waals surface area contributed by atoms with Gasteiger partial charge in [-0.2, -0.15) is 0 Å². The van der Waals surface area contributed by atoms with E-state index < -0.39 is 0 Å². The number of furan rings is 1. The van der Waals surface area contributed by atoms with E-state index in [1.165, 1.54) is 5.56 Å². The average Bonchev–Trinajstić information content (AvgIpc) is 3.28. The van der Waals surface area contributed by atoms with E-state index in [1.54, 1.807) is 0 Å². The Morgan fingerprint density at radius 1 is 1.20 bits per heavy atom. The summed E-state index contributed by atoms with van der Waals surface area (Å²) in [7, 11) is 0. The van der Waals surface area contributed by atoms with Gasteiger partial charge in [0.2, 0.25) is 0 Å². The number of fused-ring (bicyclic) bond motifs is 1. The van der Waals surface area contributed by atoms with E-state index in [-0.39, 0.29) is 6.04 Å². The molecule has 5 nitrogen and oxygen atoms in total. The molecule has 1 fully saturated rings. The molecule has 1 saturated heterocycles. The topological polar surface area (TPSA) is 53.3 Å². The van der Waals surface area contributed by atoms with Crippen LogP contribution in [0.4, 0.5) is 0 Å². The van der Waals surface area contributed by atoms with Crippen LogP contribution in [-0.4, -0.2) is 29.5 Å². The van der Waals surface area contributed by atoms with Gasteiger partial charge in [-0.15, -0.1) is 0 Å². The number of pyridine rings is 1. The highest BCUT2D eigenvalue weighted by Crippen LogP contribution is 2.30. The molecule has 0 bridgehead atoms. The highest BCUT2D eigenvalue weighted by atomic mass is 16.3. The fraction of sp³-hybridized carbons (Fsp3) is 0.350. The van der Waals surface area contributed by atoms with E-state index in [0.717, 1.165) is 42.9 Å². The van der Waals surface area contributed by atoms with Gasteiger partial charge in [-0.3, -0.25) is 15.3 Å². The lowest BCUT2D eigenvalue weighted by atomic mass is 9.98. The van der Waals surface area contributed by atoms with Crippen LogP contribution in [0.25, 0.3) is 11.0 Å².